The van der Waals surface area contributed by atoms with Gasteiger partial charge in [0.05, 0.1) is 5.60 Å². The average Bonchev–Trinajstić information content (AvgIpc) is 2.78. The van der Waals surface area contributed by atoms with Crippen LogP contribution in [0.3, 0.4) is 0 Å². The highest BCUT2D eigenvalue weighted by Crippen LogP contribution is 2.41. The number of benzene rings is 2. The van der Waals surface area contributed by atoms with Crippen molar-refractivity contribution >= 4 is 10.8 Å². The molecular formula is C15H15FO. The first kappa shape index (κ1) is 10.7. The topological polar surface area (TPSA) is 20.2 Å². The molecule has 0 saturated heterocycles. The molecule has 0 spiro atoms. The van der Waals surface area contributed by atoms with Crippen LogP contribution >= 0.6 is 0 Å². The molecule has 0 atom stereocenters. The second-order valence-corrected chi connectivity index (χ2v) is 4.88. The standard InChI is InChI=1S/C15H15FO/c16-14-8-7-13(15(17)9-3-4-10-15)11-5-1-2-6-12(11)14/h1-2,5-8,17H,3-4,9-10H2. The van der Waals surface area contributed by atoms with E-state index in [1.54, 1.807) is 12.1 Å². The lowest BCUT2D eigenvalue weighted by atomic mass is 9.88. The van der Waals surface area contributed by atoms with Crippen molar-refractivity contribution in [1.82, 2.24) is 0 Å². The van der Waals surface area contributed by atoms with Gasteiger partial charge >= 0.3 is 0 Å². The van der Waals surface area contributed by atoms with Gasteiger partial charge in [0.25, 0.3) is 0 Å². The van der Waals surface area contributed by atoms with Gasteiger partial charge in [0.2, 0.25) is 0 Å². The maximum absolute atomic E-state index is 13.7. The van der Waals surface area contributed by atoms with Gasteiger partial charge in [-0.1, -0.05) is 43.2 Å². The number of rotatable bonds is 1. The fourth-order valence-corrected chi connectivity index (χ4v) is 2.90. The summed E-state index contributed by atoms with van der Waals surface area (Å²) >= 11 is 0. The van der Waals surface area contributed by atoms with Crippen molar-refractivity contribution in [3.8, 4) is 0 Å². The minimum absolute atomic E-state index is 0.217. The third kappa shape index (κ3) is 1.64. The minimum Gasteiger partial charge on any atom is -0.385 e. The highest BCUT2D eigenvalue weighted by molar-refractivity contribution is 5.87. The normalized spacial score (nSPS) is 18.7. The smallest absolute Gasteiger partial charge is 0.131 e. The van der Waals surface area contributed by atoms with Gasteiger partial charge in [-0.05, 0) is 29.9 Å². The molecule has 0 amide bonds. The van der Waals surface area contributed by atoms with E-state index in [1.165, 1.54) is 6.07 Å². The number of hydrogen-bond acceptors (Lipinski definition) is 1. The summed E-state index contributed by atoms with van der Waals surface area (Å²) < 4.78 is 13.7. The lowest BCUT2D eigenvalue weighted by Gasteiger charge is -2.24. The summed E-state index contributed by atoms with van der Waals surface area (Å²) in [6, 6.07) is 10.6. The molecule has 88 valence electrons. The van der Waals surface area contributed by atoms with Gasteiger partial charge < -0.3 is 5.11 Å². The Morgan fingerprint density at radius 1 is 0.941 bits per heavy atom. The Labute approximate surface area is 99.9 Å². The second-order valence-electron chi connectivity index (χ2n) is 4.88. The van der Waals surface area contributed by atoms with Crippen molar-refractivity contribution in [1.29, 1.82) is 0 Å². The largest absolute Gasteiger partial charge is 0.385 e. The summed E-state index contributed by atoms with van der Waals surface area (Å²) in [4.78, 5) is 0. The molecule has 2 aromatic carbocycles. The molecule has 3 rings (SSSR count). The summed E-state index contributed by atoms with van der Waals surface area (Å²) in [5, 5.41) is 12.1. The number of aliphatic hydroxyl groups is 1. The van der Waals surface area contributed by atoms with Crippen molar-refractivity contribution in [3.63, 3.8) is 0 Å². The minimum atomic E-state index is -0.757. The van der Waals surface area contributed by atoms with E-state index in [9.17, 15) is 9.50 Å². The molecule has 2 aromatic rings. The zero-order valence-electron chi connectivity index (χ0n) is 9.62. The van der Waals surface area contributed by atoms with Crippen molar-refractivity contribution in [3.05, 3.63) is 47.8 Å². The monoisotopic (exact) mass is 230 g/mol. The van der Waals surface area contributed by atoms with Crippen molar-refractivity contribution in [2.75, 3.05) is 0 Å². The predicted octanol–water partition coefficient (Wildman–Crippen LogP) is 3.74. The van der Waals surface area contributed by atoms with E-state index in [4.69, 9.17) is 0 Å². The van der Waals surface area contributed by atoms with Gasteiger partial charge in [-0.2, -0.15) is 0 Å². The van der Waals surface area contributed by atoms with Crippen molar-refractivity contribution in [2.24, 2.45) is 0 Å². The molecule has 0 aliphatic heterocycles. The molecule has 2 heteroatoms. The molecule has 1 nitrogen and oxygen atoms in total. The van der Waals surface area contributed by atoms with Gasteiger partial charge in [0.15, 0.2) is 0 Å². The summed E-state index contributed by atoms with van der Waals surface area (Å²) in [6.45, 7) is 0. The maximum Gasteiger partial charge on any atom is 0.131 e. The number of hydrogen-bond donors (Lipinski definition) is 1. The van der Waals surface area contributed by atoms with E-state index in [0.717, 1.165) is 36.6 Å². The second kappa shape index (κ2) is 3.81. The van der Waals surface area contributed by atoms with Crippen LogP contribution in [0.2, 0.25) is 0 Å². The highest BCUT2D eigenvalue weighted by Gasteiger charge is 2.34. The van der Waals surface area contributed by atoms with Crippen LogP contribution in [0.5, 0.6) is 0 Å². The molecule has 0 heterocycles. The Morgan fingerprint density at radius 2 is 1.59 bits per heavy atom. The first-order chi connectivity index (χ1) is 8.21. The lowest BCUT2D eigenvalue weighted by Crippen LogP contribution is -2.21. The Bertz CT molecular complexity index is 556. The van der Waals surface area contributed by atoms with Crippen LogP contribution in [0.25, 0.3) is 10.8 Å². The van der Waals surface area contributed by atoms with Crippen LogP contribution in [0.1, 0.15) is 31.2 Å². The van der Waals surface area contributed by atoms with E-state index >= 15 is 0 Å². The van der Waals surface area contributed by atoms with Crippen LogP contribution in [-0.4, -0.2) is 5.11 Å². The Morgan fingerprint density at radius 3 is 2.29 bits per heavy atom. The van der Waals surface area contributed by atoms with Crippen molar-refractivity contribution < 1.29 is 9.50 Å². The van der Waals surface area contributed by atoms with Crippen molar-refractivity contribution in [2.45, 2.75) is 31.3 Å². The predicted molar refractivity (Wildman–Crippen MR) is 66.3 cm³/mol. The van der Waals surface area contributed by atoms with Crippen LogP contribution < -0.4 is 0 Å². The third-order valence-electron chi connectivity index (χ3n) is 3.80. The molecule has 17 heavy (non-hydrogen) atoms. The van der Waals surface area contributed by atoms with Gasteiger partial charge in [-0.3, -0.25) is 0 Å². The Hall–Kier alpha value is -1.41. The van der Waals surface area contributed by atoms with Gasteiger partial charge in [0.1, 0.15) is 5.82 Å². The Balaban J connectivity index is 2.27. The quantitative estimate of drug-likeness (QED) is 0.791. The number of fused-ring (bicyclic) bond motifs is 1. The SMILES string of the molecule is OC1(c2ccc(F)c3ccccc23)CCCC1. The Kier molecular flexibility index (Phi) is 2.40. The van der Waals surface area contributed by atoms with E-state index < -0.39 is 5.60 Å². The molecule has 0 unspecified atom stereocenters. The molecule has 1 fully saturated rings. The molecule has 0 bridgehead atoms. The first-order valence-corrected chi connectivity index (χ1v) is 6.11. The summed E-state index contributed by atoms with van der Waals surface area (Å²) in [7, 11) is 0. The molecule has 1 N–H and O–H groups in total. The molecular weight excluding hydrogens is 215 g/mol. The zero-order chi connectivity index (χ0) is 11.9. The van der Waals surface area contributed by atoms with E-state index in [2.05, 4.69) is 0 Å². The van der Waals surface area contributed by atoms with Crippen LogP contribution in [-0.2, 0) is 5.60 Å². The van der Waals surface area contributed by atoms with Gasteiger partial charge in [-0.25, -0.2) is 4.39 Å². The fourth-order valence-electron chi connectivity index (χ4n) is 2.90. The summed E-state index contributed by atoms with van der Waals surface area (Å²) in [6.07, 6.45) is 3.65. The van der Waals surface area contributed by atoms with Crippen LogP contribution in [0.4, 0.5) is 4.39 Å². The van der Waals surface area contributed by atoms with E-state index in [1.807, 2.05) is 18.2 Å². The number of halogens is 1. The lowest BCUT2D eigenvalue weighted by molar-refractivity contribution is 0.0460. The van der Waals surface area contributed by atoms with Gasteiger partial charge in [-0.15, -0.1) is 0 Å². The molecule has 1 aliphatic rings. The average molecular weight is 230 g/mol. The third-order valence-corrected chi connectivity index (χ3v) is 3.80. The molecule has 0 aromatic heterocycles. The summed E-state index contributed by atoms with van der Waals surface area (Å²) in [5.74, 6) is -0.217. The first-order valence-electron chi connectivity index (χ1n) is 6.11. The maximum atomic E-state index is 13.7. The van der Waals surface area contributed by atoms with Crippen LogP contribution in [0, 0.1) is 5.82 Å². The van der Waals surface area contributed by atoms with Gasteiger partial charge in [0, 0.05) is 5.39 Å². The van der Waals surface area contributed by atoms with E-state index in [-0.39, 0.29) is 5.82 Å². The zero-order valence-corrected chi connectivity index (χ0v) is 9.62. The molecule has 1 saturated carbocycles. The highest BCUT2D eigenvalue weighted by atomic mass is 19.1. The molecule has 1 aliphatic carbocycles. The molecule has 0 radical (unpaired) electrons. The fraction of sp³-hybridized carbons (Fsp3) is 0.333. The van der Waals surface area contributed by atoms with Crippen LogP contribution in [0.15, 0.2) is 36.4 Å². The van der Waals surface area contributed by atoms with E-state index in [0.29, 0.717) is 5.39 Å². The summed E-state index contributed by atoms with van der Waals surface area (Å²) in [5.41, 5.74) is 0.125.